The van der Waals surface area contributed by atoms with Crippen molar-refractivity contribution in [3.8, 4) is 0 Å². The van der Waals surface area contributed by atoms with Gasteiger partial charge in [-0.2, -0.15) is 0 Å². The monoisotopic (exact) mass is 252 g/mol. The minimum absolute atomic E-state index is 0.0482. The summed E-state index contributed by atoms with van der Waals surface area (Å²) in [6, 6.07) is 1.71. The van der Waals surface area contributed by atoms with E-state index < -0.39 is 17.4 Å². The van der Waals surface area contributed by atoms with E-state index in [1.54, 1.807) is 19.9 Å². The fraction of sp³-hybridized carbons (Fsp3) is 0.417. The molecule has 0 unspecified atom stereocenters. The zero-order valence-corrected chi connectivity index (χ0v) is 10.9. The maximum atomic E-state index is 12.0. The minimum Gasteiger partial charge on any atom is -0.468 e. The third-order valence-electron chi connectivity index (χ3n) is 2.52. The normalized spacial score (nSPS) is 10.0. The number of hydrogen-bond acceptors (Lipinski definition) is 4. The average molecular weight is 252 g/mol. The molecule has 18 heavy (non-hydrogen) atoms. The van der Waals surface area contributed by atoms with Gasteiger partial charge in [-0.05, 0) is 25.5 Å². The van der Waals surface area contributed by atoms with Gasteiger partial charge >= 0.3 is 5.97 Å². The van der Waals surface area contributed by atoms with Crippen LogP contribution in [0.15, 0.2) is 10.9 Å². The van der Waals surface area contributed by atoms with Gasteiger partial charge in [0, 0.05) is 12.7 Å². The third-order valence-corrected chi connectivity index (χ3v) is 2.52. The molecule has 1 aromatic heterocycles. The van der Waals surface area contributed by atoms with Crippen LogP contribution in [0.1, 0.15) is 21.6 Å². The van der Waals surface area contributed by atoms with Gasteiger partial charge in [-0.1, -0.05) is 0 Å². The van der Waals surface area contributed by atoms with Gasteiger partial charge in [-0.3, -0.25) is 14.4 Å². The standard InChI is InChI=1S/C12H16N2O4/c1-7-5-8(2)13-11(16)10(7)12(17)14(3)6-9(15)18-4/h5H,6H2,1-4H3,(H,13,16). The van der Waals surface area contributed by atoms with Crippen molar-refractivity contribution in [1.82, 2.24) is 9.88 Å². The molecule has 0 aliphatic rings. The highest BCUT2D eigenvalue weighted by atomic mass is 16.5. The highest BCUT2D eigenvalue weighted by Gasteiger charge is 2.20. The minimum atomic E-state index is -0.535. The van der Waals surface area contributed by atoms with E-state index in [1.807, 2.05) is 0 Å². The first-order valence-corrected chi connectivity index (χ1v) is 5.39. The van der Waals surface area contributed by atoms with Gasteiger partial charge in [0.2, 0.25) is 0 Å². The largest absolute Gasteiger partial charge is 0.468 e. The Hall–Kier alpha value is -2.11. The van der Waals surface area contributed by atoms with E-state index in [0.29, 0.717) is 11.3 Å². The lowest BCUT2D eigenvalue weighted by atomic mass is 10.1. The van der Waals surface area contributed by atoms with Crippen LogP contribution >= 0.6 is 0 Å². The summed E-state index contributed by atoms with van der Waals surface area (Å²) in [6.07, 6.45) is 0. The van der Waals surface area contributed by atoms with E-state index in [2.05, 4.69) is 9.72 Å². The van der Waals surface area contributed by atoms with Crippen molar-refractivity contribution < 1.29 is 14.3 Å². The van der Waals surface area contributed by atoms with Crippen LogP contribution in [-0.2, 0) is 9.53 Å². The smallest absolute Gasteiger partial charge is 0.325 e. The molecule has 0 aromatic carbocycles. The van der Waals surface area contributed by atoms with Crippen LogP contribution in [0, 0.1) is 13.8 Å². The molecule has 0 aliphatic carbocycles. The first kappa shape index (κ1) is 14.0. The molecule has 0 atom stereocenters. The number of esters is 1. The Kier molecular flexibility index (Phi) is 4.25. The van der Waals surface area contributed by atoms with Crippen LogP contribution in [0.25, 0.3) is 0 Å². The van der Waals surface area contributed by atoms with Gasteiger partial charge in [0.25, 0.3) is 11.5 Å². The van der Waals surface area contributed by atoms with E-state index in [4.69, 9.17) is 0 Å². The first-order valence-electron chi connectivity index (χ1n) is 5.39. The molecule has 1 aromatic rings. The lowest BCUT2D eigenvalue weighted by Gasteiger charge is -2.16. The Morgan fingerprint density at radius 1 is 1.39 bits per heavy atom. The second-order valence-electron chi connectivity index (χ2n) is 4.08. The molecule has 0 radical (unpaired) electrons. The number of nitrogens with zero attached hydrogens (tertiary/aromatic N) is 1. The maximum absolute atomic E-state index is 12.0. The van der Waals surface area contributed by atoms with Crippen LogP contribution in [0.5, 0.6) is 0 Å². The molecule has 0 saturated heterocycles. The number of aromatic nitrogens is 1. The van der Waals surface area contributed by atoms with Crippen LogP contribution < -0.4 is 5.56 Å². The Morgan fingerprint density at radius 3 is 2.50 bits per heavy atom. The fourth-order valence-electron chi connectivity index (χ4n) is 1.64. The van der Waals surface area contributed by atoms with Gasteiger partial charge in [0.05, 0.1) is 7.11 Å². The van der Waals surface area contributed by atoms with Crippen molar-refractivity contribution in [1.29, 1.82) is 0 Å². The summed E-state index contributed by atoms with van der Waals surface area (Å²) in [5.74, 6) is -1.04. The molecule has 0 spiro atoms. The first-order chi connectivity index (χ1) is 8.36. The molecule has 6 heteroatoms. The number of likely N-dealkylation sites (N-methyl/N-ethyl adjacent to an activating group) is 1. The van der Waals surface area contributed by atoms with Gasteiger partial charge < -0.3 is 14.6 Å². The number of nitrogens with one attached hydrogen (secondary N) is 1. The Labute approximate surface area is 105 Å². The molecular weight excluding hydrogens is 236 g/mol. The molecule has 6 nitrogen and oxygen atoms in total. The summed E-state index contributed by atoms with van der Waals surface area (Å²) in [7, 11) is 2.68. The highest BCUT2D eigenvalue weighted by molar-refractivity contribution is 5.96. The number of amides is 1. The topological polar surface area (TPSA) is 79.5 Å². The van der Waals surface area contributed by atoms with Gasteiger partial charge in [-0.15, -0.1) is 0 Å². The lowest BCUT2D eigenvalue weighted by Crippen LogP contribution is -2.36. The molecule has 1 rings (SSSR count). The van der Waals surface area contributed by atoms with E-state index in [-0.39, 0.29) is 12.1 Å². The summed E-state index contributed by atoms with van der Waals surface area (Å²) in [4.78, 5) is 38.6. The van der Waals surface area contributed by atoms with Gasteiger partial charge in [0.15, 0.2) is 0 Å². The predicted octanol–water partition coefficient (Wildman–Crippen LogP) is 0.237. The molecule has 98 valence electrons. The second kappa shape index (κ2) is 5.48. The number of rotatable bonds is 3. The number of ether oxygens (including phenoxy) is 1. The number of carbonyl (C=O) groups is 2. The Bertz CT molecular complexity index is 533. The molecule has 0 fully saturated rings. The van der Waals surface area contributed by atoms with Crippen molar-refractivity contribution >= 4 is 11.9 Å². The maximum Gasteiger partial charge on any atom is 0.325 e. The van der Waals surface area contributed by atoms with Crippen LogP contribution in [0.2, 0.25) is 0 Å². The zero-order chi connectivity index (χ0) is 13.9. The number of hydrogen-bond donors (Lipinski definition) is 1. The van der Waals surface area contributed by atoms with E-state index in [0.717, 1.165) is 4.90 Å². The summed E-state index contributed by atoms with van der Waals surface area (Å²) >= 11 is 0. The van der Waals surface area contributed by atoms with Crippen molar-refractivity contribution in [2.45, 2.75) is 13.8 Å². The Balaban J connectivity index is 3.05. The zero-order valence-electron chi connectivity index (χ0n) is 10.9. The summed E-state index contributed by atoms with van der Waals surface area (Å²) < 4.78 is 4.47. The molecular formula is C12H16N2O4. The van der Waals surface area contributed by atoms with E-state index in [1.165, 1.54) is 14.2 Å². The van der Waals surface area contributed by atoms with Crippen molar-refractivity contribution in [3.05, 3.63) is 33.2 Å². The number of H-pyrrole nitrogens is 1. The molecule has 1 heterocycles. The SMILES string of the molecule is COC(=O)CN(C)C(=O)c1c(C)cc(C)[nH]c1=O. The van der Waals surface area contributed by atoms with Gasteiger partial charge in [-0.25, -0.2) is 0 Å². The molecule has 0 aliphatic heterocycles. The van der Waals surface area contributed by atoms with Crippen LogP contribution in [0.4, 0.5) is 0 Å². The fourth-order valence-corrected chi connectivity index (χ4v) is 1.64. The number of methoxy groups -OCH3 is 1. The van der Waals surface area contributed by atoms with Crippen LogP contribution in [0.3, 0.4) is 0 Å². The third kappa shape index (κ3) is 2.97. The molecule has 0 bridgehead atoms. The number of pyridine rings is 1. The highest BCUT2D eigenvalue weighted by Crippen LogP contribution is 2.06. The van der Waals surface area contributed by atoms with E-state index >= 15 is 0 Å². The second-order valence-corrected chi connectivity index (χ2v) is 4.08. The van der Waals surface area contributed by atoms with Crippen molar-refractivity contribution in [3.63, 3.8) is 0 Å². The summed E-state index contributed by atoms with van der Waals surface area (Å²) in [5.41, 5.74) is 0.865. The van der Waals surface area contributed by atoms with Crippen LogP contribution in [-0.4, -0.2) is 42.5 Å². The summed E-state index contributed by atoms with van der Waals surface area (Å²) in [6.45, 7) is 3.23. The Morgan fingerprint density at radius 2 is 2.00 bits per heavy atom. The van der Waals surface area contributed by atoms with Gasteiger partial charge in [0.1, 0.15) is 12.1 Å². The lowest BCUT2D eigenvalue weighted by molar-refractivity contribution is -0.141. The predicted molar refractivity (Wildman–Crippen MR) is 65.5 cm³/mol. The van der Waals surface area contributed by atoms with E-state index in [9.17, 15) is 14.4 Å². The number of aromatic amines is 1. The van der Waals surface area contributed by atoms with Crippen molar-refractivity contribution in [2.75, 3.05) is 20.7 Å². The quantitative estimate of drug-likeness (QED) is 0.781. The average Bonchev–Trinajstić information content (AvgIpc) is 2.27. The molecule has 1 amide bonds. The number of carbonyl (C=O) groups excluding carboxylic acids is 2. The molecule has 0 saturated carbocycles. The molecule has 1 N–H and O–H groups in total. The van der Waals surface area contributed by atoms with Crippen molar-refractivity contribution in [2.24, 2.45) is 0 Å². The summed E-state index contributed by atoms with van der Waals surface area (Å²) in [5, 5.41) is 0. The number of aryl methyl sites for hydroxylation is 2.